The second-order valence-corrected chi connectivity index (χ2v) is 12.2. The number of nitrogens with zero attached hydrogens (tertiary/aromatic N) is 2. The monoisotopic (exact) mass is 633 g/mol. The Morgan fingerprint density at radius 1 is 0.977 bits per heavy atom. The molecule has 2 aliphatic rings. The Morgan fingerprint density at radius 3 is 2.36 bits per heavy atom. The molecule has 0 spiro atoms. The van der Waals surface area contributed by atoms with Crippen molar-refractivity contribution in [3.63, 3.8) is 0 Å². The highest BCUT2D eigenvalue weighted by molar-refractivity contribution is 8.00. The number of halogens is 1. The lowest BCUT2D eigenvalue weighted by Crippen LogP contribution is -2.33. The molecule has 13 heteroatoms. The third-order valence-electron chi connectivity index (χ3n) is 7.39. The maximum absolute atomic E-state index is 14.0. The summed E-state index contributed by atoms with van der Waals surface area (Å²) in [5.74, 6) is -4.50. The van der Waals surface area contributed by atoms with E-state index in [1.54, 1.807) is 25.1 Å². The summed E-state index contributed by atoms with van der Waals surface area (Å²) in [5.41, 5.74) is 1.24. The van der Waals surface area contributed by atoms with Gasteiger partial charge in [0.05, 0.1) is 28.8 Å². The Kier molecular flexibility index (Phi) is 7.82. The first kappa shape index (κ1) is 29.3. The van der Waals surface area contributed by atoms with Gasteiger partial charge in [0.1, 0.15) is 23.4 Å². The van der Waals surface area contributed by atoms with E-state index in [2.05, 4.69) is 5.32 Å². The SMILES string of the molecule is CCOC(=O)c1ccc(N2C(=O)C3Sc4c(sc(=O)n4CC(=O)Nc4ccc(F)cc4)C(c4ccccc4O)C3C2=O)cc1. The number of rotatable bonds is 7. The predicted molar refractivity (Wildman–Crippen MR) is 162 cm³/mol. The van der Waals surface area contributed by atoms with E-state index in [4.69, 9.17) is 4.74 Å². The molecule has 0 bridgehead atoms. The number of phenols is 1. The topological polar surface area (TPSA) is 135 Å². The molecule has 0 saturated carbocycles. The van der Waals surface area contributed by atoms with Gasteiger partial charge >= 0.3 is 10.8 Å². The van der Waals surface area contributed by atoms with Gasteiger partial charge in [0.2, 0.25) is 17.7 Å². The molecule has 0 radical (unpaired) electrons. The number of thiazole rings is 1. The summed E-state index contributed by atoms with van der Waals surface area (Å²) in [6.45, 7) is 1.49. The number of anilines is 2. The Bertz CT molecular complexity index is 1850. The van der Waals surface area contributed by atoms with Gasteiger partial charge in [-0.1, -0.05) is 41.3 Å². The molecule has 3 atom stereocenters. The largest absolute Gasteiger partial charge is 0.508 e. The summed E-state index contributed by atoms with van der Waals surface area (Å²) in [5, 5.41) is 12.9. The van der Waals surface area contributed by atoms with Gasteiger partial charge in [-0.15, -0.1) is 0 Å². The lowest BCUT2D eigenvalue weighted by atomic mass is 9.82. The van der Waals surface area contributed by atoms with Gasteiger partial charge in [-0.2, -0.15) is 0 Å². The lowest BCUT2D eigenvalue weighted by Gasteiger charge is -2.31. The van der Waals surface area contributed by atoms with E-state index >= 15 is 0 Å². The van der Waals surface area contributed by atoms with Crippen molar-refractivity contribution < 1.29 is 33.4 Å². The number of nitrogens with one attached hydrogen (secondary N) is 1. The highest BCUT2D eigenvalue weighted by atomic mass is 32.2. The summed E-state index contributed by atoms with van der Waals surface area (Å²) in [6, 6.07) is 17.5. The molecule has 2 N–H and O–H groups in total. The van der Waals surface area contributed by atoms with E-state index in [1.165, 1.54) is 59.2 Å². The van der Waals surface area contributed by atoms with Crippen molar-refractivity contribution in [2.75, 3.05) is 16.8 Å². The summed E-state index contributed by atoms with van der Waals surface area (Å²) < 4.78 is 19.6. The number of hydrogen-bond donors (Lipinski definition) is 2. The zero-order chi connectivity index (χ0) is 31.1. The van der Waals surface area contributed by atoms with Crippen LogP contribution in [-0.2, 0) is 25.7 Å². The van der Waals surface area contributed by atoms with Crippen LogP contribution >= 0.6 is 23.1 Å². The van der Waals surface area contributed by atoms with E-state index in [9.17, 15) is 33.5 Å². The van der Waals surface area contributed by atoms with Crippen molar-refractivity contribution in [1.29, 1.82) is 0 Å². The van der Waals surface area contributed by atoms with E-state index in [-0.39, 0.29) is 30.2 Å². The predicted octanol–water partition coefficient (Wildman–Crippen LogP) is 4.37. The Morgan fingerprint density at radius 2 is 1.68 bits per heavy atom. The second kappa shape index (κ2) is 11.7. The van der Waals surface area contributed by atoms with Crippen LogP contribution in [0.2, 0.25) is 0 Å². The van der Waals surface area contributed by atoms with Gasteiger partial charge in [0, 0.05) is 22.0 Å². The van der Waals surface area contributed by atoms with Crippen molar-refractivity contribution in [3.05, 3.63) is 104 Å². The smallest absolute Gasteiger partial charge is 0.338 e. The highest BCUT2D eigenvalue weighted by Crippen LogP contribution is 2.55. The third-order valence-corrected chi connectivity index (χ3v) is 9.99. The minimum atomic E-state index is -0.968. The van der Waals surface area contributed by atoms with Crippen molar-refractivity contribution in [1.82, 2.24) is 4.57 Å². The standard InChI is InChI=1S/C31H24FN3O7S2/c1-2-42-30(40)16-7-13-19(14-8-16)35-27(38)24-23(20-5-3-4-6-21(20)36)26-29(43-25(24)28(35)39)34(31(41)44-26)15-22(37)33-18-11-9-17(32)10-12-18/h3-14,23-25,36H,2,15H2,1H3,(H,33,37). The number of aromatic hydroxyl groups is 1. The van der Waals surface area contributed by atoms with Gasteiger partial charge in [-0.05, 0) is 61.5 Å². The van der Waals surface area contributed by atoms with E-state index in [0.29, 0.717) is 21.2 Å². The number of benzene rings is 3. The van der Waals surface area contributed by atoms with E-state index in [1.807, 2.05) is 0 Å². The molecular formula is C31H24FN3O7S2. The number of amides is 3. The van der Waals surface area contributed by atoms with Crippen LogP contribution in [0.15, 0.2) is 82.6 Å². The fourth-order valence-corrected chi connectivity index (χ4v) is 8.20. The fourth-order valence-electron chi connectivity index (χ4n) is 5.43. The number of hydrogen-bond acceptors (Lipinski definition) is 9. The summed E-state index contributed by atoms with van der Waals surface area (Å²) in [7, 11) is 0. The summed E-state index contributed by atoms with van der Waals surface area (Å²) >= 11 is 1.88. The number of esters is 1. The fraction of sp³-hybridized carbons (Fsp3) is 0.194. The summed E-state index contributed by atoms with van der Waals surface area (Å²) in [4.78, 5) is 67.3. The molecule has 1 fully saturated rings. The molecule has 0 aliphatic carbocycles. The zero-order valence-electron chi connectivity index (χ0n) is 23.1. The maximum atomic E-state index is 14.0. The molecule has 3 aromatic carbocycles. The van der Waals surface area contributed by atoms with Crippen LogP contribution in [0.4, 0.5) is 15.8 Å². The van der Waals surface area contributed by atoms with Crippen LogP contribution in [0, 0.1) is 11.7 Å². The molecule has 6 rings (SSSR count). The number of aromatic nitrogens is 1. The molecule has 1 aromatic heterocycles. The molecule has 4 aromatic rings. The molecule has 3 unspecified atom stereocenters. The quantitative estimate of drug-likeness (QED) is 0.226. The van der Waals surface area contributed by atoms with Crippen LogP contribution in [0.25, 0.3) is 0 Å². The Labute approximate surface area is 258 Å². The van der Waals surface area contributed by atoms with Crippen molar-refractivity contribution in [2.24, 2.45) is 5.92 Å². The van der Waals surface area contributed by atoms with Crippen molar-refractivity contribution in [2.45, 2.75) is 29.7 Å². The number of phenolic OH excluding ortho intramolecular Hbond substituents is 1. The van der Waals surface area contributed by atoms with Crippen molar-refractivity contribution in [3.8, 4) is 5.75 Å². The van der Waals surface area contributed by atoms with Gasteiger partial charge in [0.15, 0.2) is 0 Å². The first-order valence-corrected chi connectivity index (χ1v) is 15.3. The first-order valence-electron chi connectivity index (χ1n) is 13.6. The average molecular weight is 634 g/mol. The van der Waals surface area contributed by atoms with E-state index in [0.717, 1.165) is 28.0 Å². The van der Waals surface area contributed by atoms with Crippen LogP contribution in [0.1, 0.15) is 33.6 Å². The molecule has 3 amide bonds. The molecule has 3 heterocycles. The molecule has 44 heavy (non-hydrogen) atoms. The maximum Gasteiger partial charge on any atom is 0.338 e. The Hall–Kier alpha value is -4.75. The average Bonchev–Trinajstić information content (AvgIpc) is 3.45. The van der Waals surface area contributed by atoms with Gasteiger partial charge < -0.3 is 15.2 Å². The summed E-state index contributed by atoms with van der Waals surface area (Å²) in [6.07, 6.45) is 0. The number of fused-ring (bicyclic) bond motifs is 2. The number of carbonyl (C=O) groups excluding carboxylic acids is 4. The third kappa shape index (κ3) is 5.18. The molecular weight excluding hydrogens is 609 g/mol. The number of ether oxygens (including phenoxy) is 1. The highest BCUT2D eigenvalue weighted by Gasteiger charge is 2.57. The normalized spacial score (nSPS) is 19.0. The Balaban J connectivity index is 1.38. The van der Waals surface area contributed by atoms with Crippen LogP contribution < -0.4 is 15.1 Å². The number of thioether (sulfide) groups is 1. The molecule has 10 nitrogen and oxygen atoms in total. The number of carbonyl (C=O) groups is 4. The van der Waals surface area contributed by atoms with Crippen LogP contribution in [0.5, 0.6) is 5.75 Å². The van der Waals surface area contributed by atoms with Crippen molar-refractivity contribution >= 4 is 58.2 Å². The van der Waals surface area contributed by atoms with Gasteiger partial charge in [-0.25, -0.2) is 14.1 Å². The minimum Gasteiger partial charge on any atom is -0.508 e. The van der Waals surface area contributed by atoms with Gasteiger partial charge in [-0.3, -0.25) is 23.7 Å². The van der Waals surface area contributed by atoms with Crippen LogP contribution in [0.3, 0.4) is 0 Å². The number of imide groups is 1. The molecule has 2 aliphatic heterocycles. The second-order valence-electron chi connectivity index (χ2n) is 10.1. The number of para-hydroxylation sites is 1. The molecule has 224 valence electrons. The minimum absolute atomic E-state index is 0.104. The lowest BCUT2D eigenvalue weighted by molar-refractivity contribution is -0.122. The zero-order valence-corrected chi connectivity index (χ0v) is 24.7. The molecule has 1 saturated heterocycles. The van der Waals surface area contributed by atoms with E-state index < -0.39 is 51.5 Å². The van der Waals surface area contributed by atoms with Crippen LogP contribution in [-0.4, -0.2) is 45.2 Å². The first-order chi connectivity index (χ1) is 21.2. The van der Waals surface area contributed by atoms with Gasteiger partial charge in [0.25, 0.3) is 0 Å².